The van der Waals surface area contributed by atoms with Crippen LogP contribution in [-0.4, -0.2) is 18.4 Å². The van der Waals surface area contributed by atoms with E-state index in [2.05, 4.69) is 14.7 Å². The van der Waals surface area contributed by atoms with Crippen LogP contribution in [0.3, 0.4) is 0 Å². The van der Waals surface area contributed by atoms with Gasteiger partial charge in [-0.25, -0.2) is 22.5 Å². The fraction of sp³-hybridized carbons (Fsp3) is 0.200. The maximum Gasteiger partial charge on any atom is 0.202 e. The number of nitrogens with one attached hydrogen (secondary N) is 1. The summed E-state index contributed by atoms with van der Waals surface area (Å²) in [5.41, 5.74) is 7.98. The van der Waals surface area contributed by atoms with Gasteiger partial charge >= 0.3 is 0 Å². The normalized spacial score (nSPS) is 15.4. The molecule has 0 saturated heterocycles. The average molecular weight is 398 g/mol. The van der Waals surface area contributed by atoms with Gasteiger partial charge in [0.25, 0.3) is 0 Å². The zero-order chi connectivity index (χ0) is 19.7. The van der Waals surface area contributed by atoms with Gasteiger partial charge in [-0.3, -0.25) is 4.98 Å². The molecule has 6 nitrogen and oxygen atoms in total. The zero-order valence-electron chi connectivity index (χ0n) is 14.9. The quantitative estimate of drug-likeness (QED) is 0.574. The number of rotatable bonds is 5. The maximum absolute atomic E-state index is 14.8. The molecule has 0 atom stereocenters. The summed E-state index contributed by atoms with van der Waals surface area (Å²) in [6.07, 6.45) is 5.19. The molecule has 1 fully saturated rings. The van der Waals surface area contributed by atoms with Crippen LogP contribution in [0.25, 0.3) is 22.4 Å². The number of nitrogens with zero attached hydrogens (tertiary/aromatic N) is 2. The average Bonchev–Trinajstić information content (AvgIpc) is 2.65. The van der Waals surface area contributed by atoms with Crippen molar-refractivity contribution in [3.05, 3.63) is 66.2 Å². The SMILES string of the molecule is Nc1cnc(-c2ccc(-c3ccccc3C3(N[SH](=O)=O)CCC3)cc2F)cn1. The van der Waals surface area contributed by atoms with Crippen molar-refractivity contribution in [3.8, 4) is 22.4 Å². The van der Waals surface area contributed by atoms with Crippen LogP contribution in [0.2, 0.25) is 0 Å². The first kappa shape index (κ1) is 18.5. The molecule has 28 heavy (non-hydrogen) atoms. The van der Waals surface area contributed by atoms with Crippen LogP contribution in [-0.2, 0) is 16.4 Å². The molecule has 144 valence electrons. The number of halogens is 1. The first-order valence-corrected chi connectivity index (χ1v) is 10.1. The van der Waals surface area contributed by atoms with E-state index in [1.54, 1.807) is 12.1 Å². The predicted octanol–water partition coefficient (Wildman–Crippen LogP) is 3.03. The van der Waals surface area contributed by atoms with Crippen LogP contribution in [0.4, 0.5) is 10.2 Å². The number of nitrogen functional groups attached to an aromatic ring is 1. The van der Waals surface area contributed by atoms with Crippen LogP contribution in [0.1, 0.15) is 24.8 Å². The molecule has 8 heteroatoms. The van der Waals surface area contributed by atoms with Gasteiger partial charge in [-0.2, -0.15) is 0 Å². The first-order chi connectivity index (χ1) is 13.5. The molecule has 3 aromatic rings. The van der Waals surface area contributed by atoms with Gasteiger partial charge < -0.3 is 5.73 Å². The van der Waals surface area contributed by atoms with E-state index in [0.717, 1.165) is 30.4 Å². The summed E-state index contributed by atoms with van der Waals surface area (Å²) < 4.78 is 40.3. The Morgan fingerprint density at radius 3 is 2.43 bits per heavy atom. The topological polar surface area (TPSA) is 98.0 Å². The number of benzene rings is 2. The summed E-state index contributed by atoms with van der Waals surface area (Å²) in [4.78, 5) is 8.07. The standard InChI is InChI=1S/C20H19FN4O2S/c21-17-10-13(6-7-15(17)18-11-24-19(22)12-23-18)14-4-1-2-5-16(14)20(8-3-9-20)25-28(26)27/h1-2,4-7,10-12,28H,3,8-9H2,(H2,22,24)(H,25,26,27). The zero-order valence-corrected chi connectivity index (χ0v) is 15.8. The van der Waals surface area contributed by atoms with E-state index in [0.29, 0.717) is 16.8 Å². The molecule has 1 heterocycles. The minimum absolute atomic E-state index is 0.268. The van der Waals surface area contributed by atoms with Crippen molar-refractivity contribution in [3.63, 3.8) is 0 Å². The van der Waals surface area contributed by atoms with Crippen molar-refractivity contribution in [1.82, 2.24) is 14.7 Å². The van der Waals surface area contributed by atoms with Gasteiger partial charge in [-0.05, 0) is 48.1 Å². The number of thiol groups is 1. The molecule has 0 aliphatic heterocycles. The molecule has 1 aromatic heterocycles. The first-order valence-electron chi connectivity index (χ1n) is 8.88. The summed E-state index contributed by atoms with van der Waals surface area (Å²) in [7, 11) is -2.74. The van der Waals surface area contributed by atoms with Crippen molar-refractivity contribution >= 4 is 16.7 Å². The van der Waals surface area contributed by atoms with Crippen molar-refractivity contribution < 1.29 is 12.8 Å². The van der Waals surface area contributed by atoms with Gasteiger partial charge in [0.05, 0.1) is 23.6 Å². The molecule has 1 saturated carbocycles. The van der Waals surface area contributed by atoms with Gasteiger partial charge in [0, 0.05) is 5.56 Å². The Labute approximate surface area is 163 Å². The second kappa shape index (κ2) is 7.29. The monoisotopic (exact) mass is 398 g/mol. The molecule has 1 aliphatic rings. The Morgan fingerprint density at radius 1 is 1.04 bits per heavy atom. The molecule has 3 N–H and O–H groups in total. The van der Waals surface area contributed by atoms with E-state index in [1.165, 1.54) is 18.5 Å². The highest BCUT2D eigenvalue weighted by molar-refractivity contribution is 7.70. The lowest BCUT2D eigenvalue weighted by Crippen LogP contribution is -2.47. The summed E-state index contributed by atoms with van der Waals surface area (Å²) >= 11 is 0. The molecule has 0 radical (unpaired) electrons. The number of nitrogens with two attached hydrogens (primary N) is 1. The van der Waals surface area contributed by atoms with E-state index >= 15 is 0 Å². The number of aromatic nitrogens is 2. The summed E-state index contributed by atoms with van der Waals surface area (Å²) in [5, 5.41) is 0. The van der Waals surface area contributed by atoms with Gasteiger partial charge in [0.2, 0.25) is 10.9 Å². The molecular formula is C20H19FN4O2S. The van der Waals surface area contributed by atoms with Crippen molar-refractivity contribution in [2.24, 2.45) is 0 Å². The van der Waals surface area contributed by atoms with Crippen molar-refractivity contribution in [2.75, 3.05) is 5.73 Å². The summed E-state index contributed by atoms with van der Waals surface area (Å²) in [6, 6.07) is 12.4. The van der Waals surface area contributed by atoms with Gasteiger partial charge in [0.1, 0.15) is 11.6 Å². The molecule has 0 unspecified atom stereocenters. The van der Waals surface area contributed by atoms with E-state index in [9.17, 15) is 12.8 Å². The number of hydrogen-bond donors (Lipinski definition) is 3. The maximum atomic E-state index is 14.8. The Bertz CT molecular complexity index is 1090. The summed E-state index contributed by atoms with van der Waals surface area (Å²) in [5.74, 6) is -0.165. The molecule has 0 spiro atoms. The van der Waals surface area contributed by atoms with Gasteiger partial charge in [-0.15, -0.1) is 0 Å². The lowest BCUT2D eigenvalue weighted by atomic mass is 9.70. The van der Waals surface area contributed by atoms with E-state index in [4.69, 9.17) is 5.73 Å². The van der Waals surface area contributed by atoms with Crippen LogP contribution in [0.15, 0.2) is 54.9 Å². The van der Waals surface area contributed by atoms with Crippen LogP contribution >= 0.6 is 0 Å². The minimum Gasteiger partial charge on any atom is -0.382 e. The lowest BCUT2D eigenvalue weighted by Gasteiger charge is -2.42. The molecule has 4 rings (SSSR count). The fourth-order valence-electron chi connectivity index (χ4n) is 3.67. The second-order valence-electron chi connectivity index (χ2n) is 6.87. The highest BCUT2D eigenvalue weighted by Crippen LogP contribution is 2.45. The Hall–Kier alpha value is -2.84. The molecule has 0 bridgehead atoms. The van der Waals surface area contributed by atoms with Crippen molar-refractivity contribution in [1.29, 1.82) is 0 Å². The van der Waals surface area contributed by atoms with E-state index in [1.807, 2.05) is 24.3 Å². The van der Waals surface area contributed by atoms with Crippen LogP contribution in [0.5, 0.6) is 0 Å². The highest BCUT2D eigenvalue weighted by atomic mass is 32.2. The predicted molar refractivity (Wildman–Crippen MR) is 106 cm³/mol. The van der Waals surface area contributed by atoms with Crippen LogP contribution < -0.4 is 10.5 Å². The number of hydrogen-bond acceptors (Lipinski definition) is 5. The highest BCUT2D eigenvalue weighted by Gasteiger charge is 2.40. The van der Waals surface area contributed by atoms with E-state index in [-0.39, 0.29) is 5.82 Å². The second-order valence-corrected chi connectivity index (χ2v) is 7.61. The lowest BCUT2D eigenvalue weighted by molar-refractivity contribution is 0.227. The Morgan fingerprint density at radius 2 is 1.82 bits per heavy atom. The van der Waals surface area contributed by atoms with Gasteiger partial charge in [-0.1, -0.05) is 30.3 Å². The van der Waals surface area contributed by atoms with E-state index < -0.39 is 22.2 Å². The van der Waals surface area contributed by atoms with Gasteiger partial charge in [0.15, 0.2) is 0 Å². The fourth-order valence-corrected chi connectivity index (χ4v) is 4.36. The molecule has 2 aromatic carbocycles. The smallest absolute Gasteiger partial charge is 0.202 e. The Balaban J connectivity index is 1.76. The molecular weight excluding hydrogens is 379 g/mol. The largest absolute Gasteiger partial charge is 0.382 e. The Kier molecular flexibility index (Phi) is 4.82. The van der Waals surface area contributed by atoms with Crippen molar-refractivity contribution in [2.45, 2.75) is 24.8 Å². The third-order valence-corrected chi connectivity index (χ3v) is 5.79. The third-order valence-electron chi connectivity index (χ3n) is 5.18. The molecule has 0 amide bonds. The summed E-state index contributed by atoms with van der Waals surface area (Å²) in [6.45, 7) is 0. The third kappa shape index (κ3) is 3.36. The molecule has 1 aliphatic carbocycles. The van der Waals surface area contributed by atoms with Crippen LogP contribution in [0, 0.1) is 5.82 Å². The minimum atomic E-state index is -2.74. The number of anilines is 1.